The Balaban J connectivity index is 2.06. The van der Waals surface area contributed by atoms with E-state index in [1.165, 1.54) is 18.0 Å². The first-order chi connectivity index (χ1) is 14.6. The molecule has 1 amide bonds. The van der Waals surface area contributed by atoms with Gasteiger partial charge < -0.3 is 15.4 Å². The molecule has 0 saturated heterocycles. The Morgan fingerprint density at radius 3 is 2.86 bits per heavy atom. The maximum Gasteiger partial charge on any atom is 0.273 e. The van der Waals surface area contributed by atoms with Crippen LogP contribution in [0.5, 0.6) is 5.75 Å². The highest BCUT2D eigenvalue weighted by Gasteiger charge is 2.20. The summed E-state index contributed by atoms with van der Waals surface area (Å²) in [5.74, 6) is -0.475. The van der Waals surface area contributed by atoms with Gasteiger partial charge in [-0.25, -0.2) is 0 Å². The first kappa shape index (κ1) is 15.8. The van der Waals surface area contributed by atoms with Crippen LogP contribution in [0.1, 0.15) is 27.2 Å². The van der Waals surface area contributed by atoms with Crippen LogP contribution in [0.25, 0.3) is 11.3 Å². The molecular weight excluding hydrogens is 382 g/mol. The Morgan fingerprint density at radius 1 is 1.32 bits per heavy atom. The second-order valence-electron chi connectivity index (χ2n) is 5.73. The van der Waals surface area contributed by atoms with E-state index < -0.39 is 12.9 Å². The molecule has 0 unspecified atom stereocenters. The van der Waals surface area contributed by atoms with E-state index in [0.29, 0.717) is 29.1 Å². The predicted octanol–water partition coefficient (Wildman–Crippen LogP) is 2.60. The van der Waals surface area contributed by atoms with E-state index in [1.807, 2.05) is 18.3 Å². The number of hydrogen-bond donors (Lipinski definition) is 2. The topological polar surface area (TPSA) is 107 Å². The molecule has 0 aliphatic heterocycles. The number of halogens is 1. The number of carbonyl (C=O) groups excluding carboxylic acids is 1. The van der Waals surface area contributed by atoms with Gasteiger partial charge in [0.05, 0.1) is 24.2 Å². The van der Waals surface area contributed by atoms with E-state index in [9.17, 15) is 4.79 Å². The zero-order valence-corrected chi connectivity index (χ0v) is 16.2. The lowest BCUT2D eigenvalue weighted by atomic mass is 10.1. The zero-order chi connectivity index (χ0) is 22.8. The number of hydrogen-bond acceptors (Lipinski definition) is 7. The molecule has 28 heavy (non-hydrogen) atoms. The molecule has 0 aliphatic rings. The summed E-state index contributed by atoms with van der Waals surface area (Å²) in [6.45, 7) is -0.710. The van der Waals surface area contributed by atoms with Crippen molar-refractivity contribution in [3.63, 3.8) is 0 Å². The summed E-state index contributed by atoms with van der Waals surface area (Å²) in [6, 6.07) is 6.72. The van der Waals surface area contributed by atoms with Crippen LogP contribution in [0, 0.1) is 0 Å². The van der Waals surface area contributed by atoms with E-state index in [0.717, 1.165) is 5.69 Å². The standard InChI is InChI=1S/C18H20ClN7O2/c1-5-11-15(25-26(3)24-11)10-7-6-8-12(17(10)28-4)21-13-9-14(19)22-23-16(13)18(27)20-2/h6-9H,5H2,1-4H3,(H,20,27)(H,21,22)/i2D3. The number of para-hydroxylation sites is 1. The maximum atomic E-state index is 12.4. The number of ether oxygens (including phenoxy) is 1. The fourth-order valence-electron chi connectivity index (χ4n) is 2.77. The molecule has 3 aromatic rings. The predicted molar refractivity (Wildman–Crippen MR) is 106 cm³/mol. The van der Waals surface area contributed by atoms with Gasteiger partial charge in [0.15, 0.2) is 16.6 Å². The van der Waals surface area contributed by atoms with Crippen molar-refractivity contribution in [2.75, 3.05) is 19.4 Å². The lowest BCUT2D eigenvalue weighted by Gasteiger charge is -2.16. The van der Waals surface area contributed by atoms with Gasteiger partial charge in [-0.1, -0.05) is 24.6 Å². The Hall–Kier alpha value is -3.20. The second kappa shape index (κ2) is 8.22. The SMILES string of the molecule is [2H]C([2H])([2H])NC(=O)c1nnc(Cl)cc1Nc1cccc(-c2nn(C)nc2CC)c1OC. The van der Waals surface area contributed by atoms with Crippen molar-refractivity contribution in [2.45, 2.75) is 13.3 Å². The second-order valence-corrected chi connectivity index (χ2v) is 6.12. The van der Waals surface area contributed by atoms with Gasteiger partial charge in [-0.3, -0.25) is 4.79 Å². The molecule has 0 bridgehead atoms. The Labute approximate surface area is 171 Å². The highest BCUT2D eigenvalue weighted by atomic mass is 35.5. The molecule has 3 rings (SSSR count). The minimum absolute atomic E-state index is 0.0188. The quantitative estimate of drug-likeness (QED) is 0.650. The molecule has 2 aromatic heterocycles. The summed E-state index contributed by atoms with van der Waals surface area (Å²) in [5, 5.41) is 21.1. The molecule has 10 heteroatoms. The maximum absolute atomic E-state index is 12.4. The van der Waals surface area contributed by atoms with Gasteiger partial charge in [-0.15, -0.1) is 10.2 Å². The summed E-state index contributed by atoms with van der Waals surface area (Å²) < 4.78 is 27.4. The summed E-state index contributed by atoms with van der Waals surface area (Å²) in [5.41, 5.74) is 2.56. The lowest BCUT2D eigenvalue weighted by Crippen LogP contribution is -2.21. The molecule has 0 spiro atoms. The van der Waals surface area contributed by atoms with E-state index >= 15 is 0 Å². The molecule has 9 nitrogen and oxygen atoms in total. The van der Waals surface area contributed by atoms with Crippen molar-refractivity contribution < 1.29 is 13.6 Å². The van der Waals surface area contributed by atoms with Crippen LogP contribution in [-0.4, -0.2) is 45.2 Å². The van der Waals surface area contributed by atoms with Crippen LogP contribution in [0.3, 0.4) is 0 Å². The van der Waals surface area contributed by atoms with E-state index in [2.05, 4.69) is 25.7 Å². The number of benzene rings is 1. The highest BCUT2D eigenvalue weighted by molar-refractivity contribution is 6.29. The summed E-state index contributed by atoms with van der Waals surface area (Å²) in [7, 11) is 3.24. The minimum atomic E-state index is -2.68. The van der Waals surface area contributed by atoms with Gasteiger partial charge in [-0.05, 0) is 18.6 Å². The van der Waals surface area contributed by atoms with Crippen LogP contribution in [0.15, 0.2) is 24.3 Å². The van der Waals surface area contributed by atoms with Crippen LogP contribution < -0.4 is 15.4 Å². The Kier molecular flexibility index (Phi) is 4.64. The van der Waals surface area contributed by atoms with Gasteiger partial charge >= 0.3 is 0 Å². The van der Waals surface area contributed by atoms with Gasteiger partial charge in [0.25, 0.3) is 5.91 Å². The molecule has 2 N–H and O–H groups in total. The molecule has 0 fully saturated rings. The molecule has 0 aliphatic carbocycles. The highest BCUT2D eigenvalue weighted by Crippen LogP contribution is 2.38. The van der Waals surface area contributed by atoms with Gasteiger partial charge in [0, 0.05) is 29.8 Å². The Morgan fingerprint density at radius 2 is 2.14 bits per heavy atom. The fraction of sp³-hybridized carbons (Fsp3) is 0.278. The first-order valence-corrected chi connectivity index (χ1v) is 8.71. The minimum Gasteiger partial charge on any atom is -0.494 e. The third-order valence-electron chi connectivity index (χ3n) is 3.95. The number of nitrogens with zero attached hydrogens (tertiary/aromatic N) is 5. The molecule has 1 aromatic carbocycles. The van der Waals surface area contributed by atoms with Gasteiger partial charge in [-0.2, -0.15) is 15.0 Å². The number of aromatic nitrogens is 5. The number of carbonyl (C=O) groups is 1. The lowest BCUT2D eigenvalue weighted by molar-refractivity contribution is 0.0958. The average Bonchev–Trinajstić information content (AvgIpc) is 3.07. The van der Waals surface area contributed by atoms with Crippen LogP contribution in [0.2, 0.25) is 5.15 Å². The van der Waals surface area contributed by atoms with Gasteiger partial charge in [0.2, 0.25) is 0 Å². The molecule has 2 heterocycles. The molecular formula is C18H20ClN7O2. The van der Waals surface area contributed by atoms with Crippen LogP contribution in [0.4, 0.5) is 11.4 Å². The number of nitrogens with one attached hydrogen (secondary N) is 2. The van der Waals surface area contributed by atoms with E-state index in [-0.39, 0.29) is 16.5 Å². The monoisotopic (exact) mass is 404 g/mol. The number of amides is 1. The van der Waals surface area contributed by atoms with Crippen LogP contribution in [-0.2, 0) is 13.5 Å². The van der Waals surface area contributed by atoms with E-state index in [1.54, 1.807) is 19.2 Å². The largest absolute Gasteiger partial charge is 0.494 e. The first-order valence-electron chi connectivity index (χ1n) is 9.83. The van der Waals surface area contributed by atoms with Crippen molar-refractivity contribution in [1.29, 1.82) is 0 Å². The third-order valence-corrected chi connectivity index (χ3v) is 4.14. The molecule has 146 valence electrons. The smallest absolute Gasteiger partial charge is 0.273 e. The zero-order valence-electron chi connectivity index (χ0n) is 18.4. The van der Waals surface area contributed by atoms with Crippen molar-refractivity contribution in [3.8, 4) is 17.0 Å². The van der Waals surface area contributed by atoms with Crippen molar-refractivity contribution in [2.24, 2.45) is 7.05 Å². The van der Waals surface area contributed by atoms with Crippen LogP contribution >= 0.6 is 11.6 Å². The number of rotatable bonds is 6. The van der Waals surface area contributed by atoms with E-state index in [4.69, 9.17) is 20.5 Å². The molecule has 0 saturated carbocycles. The van der Waals surface area contributed by atoms with Gasteiger partial charge in [0.1, 0.15) is 5.69 Å². The van der Waals surface area contributed by atoms with Crippen molar-refractivity contribution in [3.05, 3.63) is 40.8 Å². The summed E-state index contributed by atoms with van der Waals surface area (Å²) in [4.78, 5) is 13.9. The summed E-state index contributed by atoms with van der Waals surface area (Å²) in [6.07, 6.45) is 0.674. The molecule has 0 atom stereocenters. The normalized spacial score (nSPS) is 12.6. The Bertz CT molecular complexity index is 1120. The average molecular weight is 405 g/mol. The summed E-state index contributed by atoms with van der Waals surface area (Å²) >= 11 is 5.96. The van der Waals surface area contributed by atoms with Crippen molar-refractivity contribution in [1.82, 2.24) is 30.5 Å². The number of aryl methyl sites for hydroxylation is 2. The fourth-order valence-corrected chi connectivity index (χ4v) is 2.92. The number of anilines is 2. The number of methoxy groups -OCH3 is 1. The molecule has 0 radical (unpaired) electrons. The van der Waals surface area contributed by atoms with Crippen molar-refractivity contribution >= 4 is 28.9 Å². The third kappa shape index (κ3) is 3.74.